The topological polar surface area (TPSA) is 49.5 Å². The molecule has 0 spiro atoms. The molecule has 3 N–H and O–H groups in total. The van der Waals surface area contributed by atoms with E-state index in [-0.39, 0.29) is 6.61 Å². The summed E-state index contributed by atoms with van der Waals surface area (Å²) in [5.74, 6) is 0.353. The molecule has 1 saturated heterocycles. The molecule has 1 aliphatic heterocycles. The average molecular weight is 296 g/mol. The maximum Gasteiger partial charge on any atom is 0.107 e. The Kier molecular flexibility index (Phi) is 5.07. The Hall–Kier alpha value is -0.780. The molecule has 1 heterocycles. The Morgan fingerprint density at radius 2 is 2.37 bits per heavy atom. The molecule has 5 heteroatoms. The summed E-state index contributed by atoms with van der Waals surface area (Å²) in [6.07, 6.45) is 4.23. The van der Waals surface area contributed by atoms with Crippen molar-refractivity contribution in [1.29, 1.82) is 0 Å². The van der Waals surface area contributed by atoms with Crippen LogP contribution in [0.2, 0.25) is 0 Å². The van der Waals surface area contributed by atoms with Crippen molar-refractivity contribution in [2.75, 3.05) is 30.9 Å². The largest absolute Gasteiger partial charge is 0.396 e. The van der Waals surface area contributed by atoms with Gasteiger partial charge < -0.3 is 15.7 Å². The summed E-state index contributed by atoms with van der Waals surface area (Å²) in [7, 11) is 0. The second-order valence-electron chi connectivity index (χ2n) is 4.86. The molecule has 1 aromatic rings. The van der Waals surface area contributed by atoms with Gasteiger partial charge in [-0.1, -0.05) is 18.3 Å². The van der Waals surface area contributed by atoms with Crippen LogP contribution in [0.1, 0.15) is 18.4 Å². The molecule has 1 unspecified atom stereocenters. The van der Waals surface area contributed by atoms with Crippen molar-refractivity contribution in [3.05, 3.63) is 23.8 Å². The molecule has 1 fully saturated rings. The smallest absolute Gasteiger partial charge is 0.107 e. The quantitative estimate of drug-likeness (QED) is 0.659. The lowest BCUT2D eigenvalue weighted by Crippen LogP contribution is -2.38. The molecule has 19 heavy (non-hydrogen) atoms. The third-order valence-electron chi connectivity index (χ3n) is 3.59. The van der Waals surface area contributed by atoms with Gasteiger partial charge in [0.1, 0.15) is 4.99 Å². The van der Waals surface area contributed by atoms with Gasteiger partial charge >= 0.3 is 0 Å². The number of rotatable bonds is 4. The zero-order valence-corrected chi connectivity index (χ0v) is 12.8. The van der Waals surface area contributed by atoms with Crippen LogP contribution in [0.5, 0.6) is 0 Å². The molecule has 2 rings (SSSR count). The van der Waals surface area contributed by atoms with Crippen LogP contribution in [-0.4, -0.2) is 36.0 Å². The number of piperidine rings is 1. The fourth-order valence-electron chi connectivity index (χ4n) is 2.63. The summed E-state index contributed by atoms with van der Waals surface area (Å²) in [5, 5.41) is 9.35. The van der Waals surface area contributed by atoms with E-state index in [2.05, 4.69) is 17.0 Å². The summed E-state index contributed by atoms with van der Waals surface area (Å²) < 4.78 is 0. The van der Waals surface area contributed by atoms with Crippen LogP contribution in [-0.2, 0) is 0 Å². The number of anilines is 1. The second-order valence-corrected chi connectivity index (χ2v) is 6.14. The highest BCUT2D eigenvalue weighted by molar-refractivity contribution is 7.98. The number of aliphatic hydroxyl groups is 1. The summed E-state index contributed by atoms with van der Waals surface area (Å²) in [6.45, 7) is 2.13. The predicted molar refractivity (Wildman–Crippen MR) is 86.1 cm³/mol. The van der Waals surface area contributed by atoms with E-state index in [0.29, 0.717) is 10.9 Å². The molecule has 3 nitrogen and oxygen atoms in total. The van der Waals surface area contributed by atoms with E-state index in [4.69, 9.17) is 18.0 Å². The Morgan fingerprint density at radius 1 is 1.58 bits per heavy atom. The van der Waals surface area contributed by atoms with Crippen LogP contribution in [0.3, 0.4) is 0 Å². The van der Waals surface area contributed by atoms with Gasteiger partial charge in [-0.2, -0.15) is 0 Å². The minimum atomic E-state index is 0.251. The number of thiocarbonyl (C=S) groups is 1. The van der Waals surface area contributed by atoms with Crippen LogP contribution >= 0.6 is 24.0 Å². The molecular formula is C14H20N2OS2. The third kappa shape index (κ3) is 3.22. The lowest BCUT2D eigenvalue weighted by molar-refractivity contribution is 0.208. The highest BCUT2D eigenvalue weighted by Gasteiger charge is 2.22. The third-order valence-corrected chi connectivity index (χ3v) is 4.57. The first-order chi connectivity index (χ1) is 9.17. The number of nitrogens with zero attached hydrogens (tertiary/aromatic N) is 1. The van der Waals surface area contributed by atoms with E-state index in [9.17, 15) is 5.11 Å². The van der Waals surface area contributed by atoms with E-state index in [1.54, 1.807) is 11.8 Å². The van der Waals surface area contributed by atoms with Gasteiger partial charge in [-0.25, -0.2) is 0 Å². The molecule has 0 saturated carbocycles. The van der Waals surface area contributed by atoms with Gasteiger partial charge in [0.05, 0.1) is 0 Å². The van der Waals surface area contributed by atoms with Crippen LogP contribution < -0.4 is 10.6 Å². The van der Waals surface area contributed by atoms with E-state index >= 15 is 0 Å². The van der Waals surface area contributed by atoms with Crippen molar-refractivity contribution >= 4 is 34.7 Å². The van der Waals surface area contributed by atoms with Crippen molar-refractivity contribution in [3.63, 3.8) is 0 Å². The molecule has 0 amide bonds. The number of aliphatic hydroxyl groups excluding tert-OH is 1. The first-order valence-corrected chi connectivity index (χ1v) is 8.13. The molecule has 1 aromatic carbocycles. The number of nitrogens with two attached hydrogens (primary N) is 1. The molecule has 1 atom stereocenters. The van der Waals surface area contributed by atoms with Gasteiger partial charge in [-0.3, -0.25) is 0 Å². The summed E-state index contributed by atoms with van der Waals surface area (Å²) in [4.78, 5) is 3.88. The zero-order valence-electron chi connectivity index (χ0n) is 11.1. The molecular weight excluding hydrogens is 276 g/mol. The van der Waals surface area contributed by atoms with Crippen molar-refractivity contribution < 1.29 is 5.11 Å². The highest BCUT2D eigenvalue weighted by atomic mass is 32.2. The molecule has 0 bridgehead atoms. The summed E-state index contributed by atoms with van der Waals surface area (Å²) in [6, 6.07) is 6.18. The number of hydrogen-bond acceptors (Lipinski definition) is 4. The van der Waals surface area contributed by atoms with Crippen molar-refractivity contribution in [2.24, 2.45) is 11.7 Å². The van der Waals surface area contributed by atoms with Crippen LogP contribution in [0.25, 0.3) is 0 Å². The van der Waals surface area contributed by atoms with Gasteiger partial charge in [0, 0.05) is 35.8 Å². The first kappa shape index (κ1) is 14.6. The minimum absolute atomic E-state index is 0.251. The molecule has 0 aliphatic carbocycles. The highest BCUT2D eigenvalue weighted by Crippen LogP contribution is 2.32. The normalized spacial score (nSPS) is 19.5. The lowest BCUT2D eigenvalue weighted by Gasteiger charge is -2.35. The van der Waals surface area contributed by atoms with Gasteiger partial charge in [0.2, 0.25) is 0 Å². The molecule has 0 aromatic heterocycles. The van der Waals surface area contributed by atoms with Gasteiger partial charge in [-0.15, -0.1) is 11.8 Å². The maximum absolute atomic E-state index is 9.35. The SMILES string of the molecule is CSc1cccc(N2CCCC(CO)C2)c1C(N)=S. The Morgan fingerprint density at radius 3 is 3.00 bits per heavy atom. The molecule has 1 aliphatic rings. The first-order valence-electron chi connectivity index (χ1n) is 6.50. The minimum Gasteiger partial charge on any atom is -0.396 e. The Bertz CT molecular complexity index is 465. The summed E-state index contributed by atoms with van der Waals surface area (Å²) >= 11 is 6.88. The van der Waals surface area contributed by atoms with E-state index in [1.807, 2.05) is 12.3 Å². The summed E-state index contributed by atoms with van der Waals surface area (Å²) in [5.41, 5.74) is 7.99. The van der Waals surface area contributed by atoms with E-state index in [0.717, 1.165) is 42.1 Å². The van der Waals surface area contributed by atoms with Gasteiger partial charge in [-0.05, 0) is 37.1 Å². The second kappa shape index (κ2) is 6.59. The maximum atomic E-state index is 9.35. The fourth-order valence-corrected chi connectivity index (χ4v) is 3.55. The van der Waals surface area contributed by atoms with E-state index < -0.39 is 0 Å². The fraction of sp³-hybridized carbons (Fsp3) is 0.500. The van der Waals surface area contributed by atoms with Crippen molar-refractivity contribution in [2.45, 2.75) is 17.7 Å². The van der Waals surface area contributed by atoms with Gasteiger partial charge in [0.25, 0.3) is 0 Å². The Labute approximate surface area is 124 Å². The van der Waals surface area contributed by atoms with Crippen molar-refractivity contribution in [3.8, 4) is 0 Å². The van der Waals surface area contributed by atoms with Crippen LogP contribution in [0.15, 0.2) is 23.1 Å². The lowest BCUT2D eigenvalue weighted by atomic mass is 9.97. The van der Waals surface area contributed by atoms with Crippen LogP contribution in [0, 0.1) is 5.92 Å². The van der Waals surface area contributed by atoms with Gasteiger partial charge in [0.15, 0.2) is 0 Å². The standard InChI is InChI=1S/C14H20N2OS2/c1-19-12-6-2-5-11(13(12)14(15)18)16-7-3-4-10(8-16)9-17/h2,5-6,10,17H,3-4,7-9H2,1H3,(H2,15,18). The Balaban J connectivity index is 2.35. The zero-order chi connectivity index (χ0) is 13.8. The predicted octanol–water partition coefficient (Wildman–Crippen LogP) is 2.25. The number of benzene rings is 1. The molecule has 0 radical (unpaired) electrons. The van der Waals surface area contributed by atoms with Crippen LogP contribution in [0.4, 0.5) is 5.69 Å². The van der Waals surface area contributed by atoms with E-state index in [1.165, 1.54) is 0 Å². The monoisotopic (exact) mass is 296 g/mol. The van der Waals surface area contributed by atoms with Crippen molar-refractivity contribution in [1.82, 2.24) is 0 Å². The number of hydrogen-bond donors (Lipinski definition) is 2. The molecule has 104 valence electrons. The average Bonchev–Trinajstić information content (AvgIpc) is 2.46. The number of thioether (sulfide) groups is 1.